The maximum absolute atomic E-state index is 9.58. The SMILES string of the molecule is Cc1cc(-c2ccccc2)nc(C2(CO)COC2)n1. The van der Waals surface area contributed by atoms with Gasteiger partial charge in [0.2, 0.25) is 0 Å². The van der Waals surface area contributed by atoms with E-state index in [2.05, 4.69) is 9.97 Å². The standard InChI is InChI=1S/C15H16N2O2/c1-11-7-13(12-5-3-2-4-6-12)17-14(16-11)15(8-18)9-19-10-15/h2-7,18H,8-10H2,1H3. The highest BCUT2D eigenvalue weighted by Crippen LogP contribution is 2.31. The highest BCUT2D eigenvalue weighted by atomic mass is 16.5. The van der Waals surface area contributed by atoms with E-state index in [9.17, 15) is 5.11 Å². The number of aryl methyl sites for hydroxylation is 1. The molecule has 1 aromatic carbocycles. The molecule has 1 N–H and O–H groups in total. The van der Waals surface area contributed by atoms with E-state index in [1.54, 1.807) is 0 Å². The molecule has 0 spiro atoms. The van der Waals surface area contributed by atoms with Crippen LogP contribution in [0.25, 0.3) is 11.3 Å². The van der Waals surface area contributed by atoms with E-state index in [1.807, 2.05) is 43.3 Å². The van der Waals surface area contributed by atoms with E-state index in [-0.39, 0.29) is 6.61 Å². The van der Waals surface area contributed by atoms with Crippen LogP contribution >= 0.6 is 0 Å². The fourth-order valence-electron chi connectivity index (χ4n) is 2.20. The second-order valence-electron chi connectivity index (χ2n) is 5.02. The minimum atomic E-state index is -0.421. The van der Waals surface area contributed by atoms with Crippen LogP contribution in [0.4, 0.5) is 0 Å². The summed E-state index contributed by atoms with van der Waals surface area (Å²) in [6.07, 6.45) is 0. The highest BCUT2D eigenvalue weighted by molar-refractivity contribution is 5.59. The summed E-state index contributed by atoms with van der Waals surface area (Å²) >= 11 is 0. The van der Waals surface area contributed by atoms with Crippen molar-refractivity contribution in [3.8, 4) is 11.3 Å². The van der Waals surface area contributed by atoms with Crippen molar-refractivity contribution >= 4 is 0 Å². The molecular formula is C15H16N2O2. The number of nitrogens with zero attached hydrogens (tertiary/aromatic N) is 2. The Kier molecular flexibility index (Phi) is 3.05. The number of hydrogen-bond donors (Lipinski definition) is 1. The first-order chi connectivity index (χ1) is 9.23. The predicted molar refractivity (Wildman–Crippen MR) is 71.8 cm³/mol. The van der Waals surface area contributed by atoms with Crippen molar-refractivity contribution in [3.05, 3.63) is 47.9 Å². The van der Waals surface area contributed by atoms with Crippen molar-refractivity contribution in [2.45, 2.75) is 12.3 Å². The Hall–Kier alpha value is -1.78. The molecule has 0 atom stereocenters. The van der Waals surface area contributed by atoms with Gasteiger partial charge in [-0.05, 0) is 13.0 Å². The zero-order valence-corrected chi connectivity index (χ0v) is 10.8. The van der Waals surface area contributed by atoms with Crippen LogP contribution < -0.4 is 0 Å². The zero-order valence-electron chi connectivity index (χ0n) is 10.8. The monoisotopic (exact) mass is 256 g/mol. The van der Waals surface area contributed by atoms with E-state index in [0.717, 1.165) is 17.0 Å². The largest absolute Gasteiger partial charge is 0.395 e. The Morgan fingerprint density at radius 1 is 1.21 bits per heavy atom. The van der Waals surface area contributed by atoms with Gasteiger partial charge in [-0.15, -0.1) is 0 Å². The molecule has 3 rings (SSSR count). The molecule has 0 unspecified atom stereocenters. The van der Waals surface area contributed by atoms with Gasteiger partial charge in [-0.3, -0.25) is 0 Å². The molecule has 0 saturated carbocycles. The molecule has 0 bridgehead atoms. The van der Waals surface area contributed by atoms with Crippen molar-refractivity contribution in [2.24, 2.45) is 0 Å². The van der Waals surface area contributed by atoms with E-state index in [0.29, 0.717) is 19.0 Å². The number of aliphatic hydroxyl groups is 1. The second-order valence-corrected chi connectivity index (χ2v) is 5.02. The Morgan fingerprint density at radius 2 is 1.95 bits per heavy atom. The molecule has 1 aromatic heterocycles. The first-order valence-electron chi connectivity index (χ1n) is 6.34. The molecule has 4 nitrogen and oxygen atoms in total. The summed E-state index contributed by atoms with van der Waals surface area (Å²) in [6, 6.07) is 12.0. The minimum absolute atomic E-state index is 0.0185. The third-order valence-corrected chi connectivity index (χ3v) is 3.46. The number of hydrogen-bond acceptors (Lipinski definition) is 4. The van der Waals surface area contributed by atoms with Gasteiger partial charge in [0, 0.05) is 11.3 Å². The molecule has 1 saturated heterocycles. The smallest absolute Gasteiger partial charge is 0.142 e. The van der Waals surface area contributed by atoms with Gasteiger partial charge < -0.3 is 9.84 Å². The summed E-state index contributed by atoms with van der Waals surface area (Å²) in [5, 5.41) is 9.58. The summed E-state index contributed by atoms with van der Waals surface area (Å²) in [4.78, 5) is 9.09. The minimum Gasteiger partial charge on any atom is -0.395 e. The quantitative estimate of drug-likeness (QED) is 0.908. The van der Waals surface area contributed by atoms with Crippen molar-refractivity contribution < 1.29 is 9.84 Å². The number of aliphatic hydroxyl groups excluding tert-OH is 1. The molecule has 1 aliphatic rings. The molecule has 19 heavy (non-hydrogen) atoms. The second kappa shape index (κ2) is 4.72. The average Bonchev–Trinajstić information content (AvgIpc) is 2.39. The van der Waals surface area contributed by atoms with Gasteiger partial charge in [0.25, 0.3) is 0 Å². The van der Waals surface area contributed by atoms with Crippen molar-refractivity contribution in [2.75, 3.05) is 19.8 Å². The van der Waals surface area contributed by atoms with Gasteiger partial charge in [0.05, 0.1) is 30.9 Å². The summed E-state index contributed by atoms with van der Waals surface area (Å²) in [5.41, 5.74) is 2.43. The lowest BCUT2D eigenvalue weighted by Crippen LogP contribution is -2.51. The molecule has 0 radical (unpaired) electrons. The van der Waals surface area contributed by atoms with Crippen LogP contribution in [-0.2, 0) is 10.2 Å². The van der Waals surface area contributed by atoms with Gasteiger partial charge in [-0.2, -0.15) is 0 Å². The molecule has 4 heteroatoms. The van der Waals surface area contributed by atoms with Gasteiger partial charge in [0.15, 0.2) is 0 Å². The summed E-state index contributed by atoms with van der Waals surface area (Å²) in [6.45, 7) is 2.94. The Morgan fingerprint density at radius 3 is 2.53 bits per heavy atom. The lowest BCUT2D eigenvalue weighted by Gasteiger charge is -2.38. The van der Waals surface area contributed by atoms with Crippen LogP contribution in [0.15, 0.2) is 36.4 Å². The molecule has 0 amide bonds. The number of aromatic nitrogens is 2. The lowest BCUT2D eigenvalue weighted by atomic mass is 9.85. The summed E-state index contributed by atoms with van der Waals surface area (Å²) in [5.74, 6) is 0.681. The van der Waals surface area contributed by atoms with E-state index >= 15 is 0 Å². The van der Waals surface area contributed by atoms with Crippen LogP contribution in [0, 0.1) is 6.92 Å². The Bertz CT molecular complexity index is 574. The fraction of sp³-hybridized carbons (Fsp3) is 0.333. The third-order valence-electron chi connectivity index (χ3n) is 3.46. The molecule has 1 aliphatic heterocycles. The van der Waals surface area contributed by atoms with Crippen LogP contribution in [0.5, 0.6) is 0 Å². The number of benzene rings is 1. The molecule has 0 aliphatic carbocycles. The molecular weight excluding hydrogens is 240 g/mol. The molecule has 2 heterocycles. The maximum atomic E-state index is 9.58. The third kappa shape index (κ3) is 2.13. The number of ether oxygens (including phenoxy) is 1. The van der Waals surface area contributed by atoms with Crippen LogP contribution in [0.1, 0.15) is 11.5 Å². The molecule has 1 fully saturated rings. The lowest BCUT2D eigenvalue weighted by molar-refractivity contribution is -0.0884. The van der Waals surface area contributed by atoms with Crippen molar-refractivity contribution in [3.63, 3.8) is 0 Å². The summed E-state index contributed by atoms with van der Waals surface area (Å²) in [7, 11) is 0. The normalized spacial score (nSPS) is 16.9. The first kappa shape index (κ1) is 12.3. The van der Waals surface area contributed by atoms with E-state index in [4.69, 9.17) is 4.74 Å². The molecule has 2 aromatic rings. The van der Waals surface area contributed by atoms with Crippen LogP contribution in [-0.4, -0.2) is 34.9 Å². The predicted octanol–water partition coefficient (Wildman–Crippen LogP) is 1.71. The van der Waals surface area contributed by atoms with Crippen LogP contribution in [0.2, 0.25) is 0 Å². The van der Waals surface area contributed by atoms with Gasteiger partial charge in [0.1, 0.15) is 5.82 Å². The van der Waals surface area contributed by atoms with Gasteiger partial charge in [-0.25, -0.2) is 9.97 Å². The van der Waals surface area contributed by atoms with E-state index < -0.39 is 5.41 Å². The van der Waals surface area contributed by atoms with Gasteiger partial charge >= 0.3 is 0 Å². The topological polar surface area (TPSA) is 55.2 Å². The van der Waals surface area contributed by atoms with Gasteiger partial charge in [-0.1, -0.05) is 30.3 Å². The maximum Gasteiger partial charge on any atom is 0.142 e. The fourth-order valence-corrected chi connectivity index (χ4v) is 2.20. The average molecular weight is 256 g/mol. The first-order valence-corrected chi connectivity index (χ1v) is 6.34. The van der Waals surface area contributed by atoms with Crippen molar-refractivity contribution in [1.29, 1.82) is 0 Å². The summed E-state index contributed by atoms with van der Waals surface area (Å²) < 4.78 is 5.23. The Balaban J connectivity index is 2.06. The highest BCUT2D eigenvalue weighted by Gasteiger charge is 2.43. The number of rotatable bonds is 3. The van der Waals surface area contributed by atoms with Crippen molar-refractivity contribution in [1.82, 2.24) is 9.97 Å². The zero-order chi connectivity index (χ0) is 13.3. The molecule has 98 valence electrons. The van der Waals surface area contributed by atoms with Crippen LogP contribution in [0.3, 0.4) is 0 Å². The Labute approximate surface area is 112 Å². The van der Waals surface area contributed by atoms with E-state index in [1.165, 1.54) is 0 Å².